The number of aromatic nitrogens is 1. The van der Waals surface area contributed by atoms with Crippen molar-refractivity contribution in [1.82, 2.24) is 4.98 Å². The summed E-state index contributed by atoms with van der Waals surface area (Å²) in [5.74, 6) is 0.844. The van der Waals surface area contributed by atoms with Crippen LogP contribution in [0.2, 0.25) is 0 Å². The molecule has 1 fully saturated rings. The van der Waals surface area contributed by atoms with Crippen molar-refractivity contribution in [3.8, 4) is 0 Å². The minimum atomic E-state index is -0.452. The second-order valence-electron chi connectivity index (χ2n) is 3.70. The van der Waals surface area contributed by atoms with Gasteiger partial charge in [0.1, 0.15) is 5.82 Å². The maximum atomic E-state index is 11.1. The molecule has 1 aromatic heterocycles. The summed E-state index contributed by atoms with van der Waals surface area (Å²) >= 11 is 0. The van der Waals surface area contributed by atoms with Gasteiger partial charge in [0.15, 0.2) is 0 Å². The molecule has 0 spiro atoms. The van der Waals surface area contributed by atoms with Gasteiger partial charge in [0, 0.05) is 6.04 Å². The van der Waals surface area contributed by atoms with Crippen molar-refractivity contribution in [1.29, 1.82) is 0 Å². The van der Waals surface area contributed by atoms with Crippen molar-refractivity contribution in [3.05, 3.63) is 18.3 Å². The minimum Gasteiger partial charge on any atom is -0.450 e. The summed E-state index contributed by atoms with van der Waals surface area (Å²) in [5, 5.41) is 5.85. The summed E-state index contributed by atoms with van der Waals surface area (Å²) in [5.41, 5.74) is 0.639. The highest BCUT2D eigenvalue weighted by Gasteiger charge is 2.20. The number of pyridine rings is 1. The Bertz CT molecular complexity index is 360. The molecule has 5 heteroatoms. The Kier molecular flexibility index (Phi) is 3.24. The largest absolute Gasteiger partial charge is 0.450 e. The standard InChI is InChI=1S/C11H15N3O2/c1-2-16-11(15)14-9-5-6-10(12-7-9)13-8-3-4-8/h5-8H,2-4H2,1H3,(H,12,13)(H,14,15). The van der Waals surface area contributed by atoms with Crippen LogP contribution in [0.25, 0.3) is 0 Å². The number of carbonyl (C=O) groups is 1. The first-order valence-corrected chi connectivity index (χ1v) is 5.44. The second-order valence-corrected chi connectivity index (χ2v) is 3.70. The molecule has 1 amide bonds. The molecular formula is C11H15N3O2. The van der Waals surface area contributed by atoms with E-state index in [0.717, 1.165) is 5.82 Å². The zero-order valence-corrected chi connectivity index (χ0v) is 9.19. The number of hydrogen-bond acceptors (Lipinski definition) is 4. The van der Waals surface area contributed by atoms with Crippen LogP contribution in [0.5, 0.6) is 0 Å². The molecule has 0 saturated heterocycles. The smallest absolute Gasteiger partial charge is 0.411 e. The minimum absolute atomic E-state index is 0.362. The van der Waals surface area contributed by atoms with Gasteiger partial charge in [-0.05, 0) is 31.9 Å². The molecule has 1 aliphatic carbocycles. The van der Waals surface area contributed by atoms with Gasteiger partial charge in [0.05, 0.1) is 18.5 Å². The molecule has 0 radical (unpaired) electrons. The third-order valence-electron chi connectivity index (χ3n) is 2.21. The summed E-state index contributed by atoms with van der Waals surface area (Å²) in [6.07, 6.45) is 3.59. The topological polar surface area (TPSA) is 63.2 Å². The monoisotopic (exact) mass is 221 g/mol. The Morgan fingerprint density at radius 2 is 2.38 bits per heavy atom. The van der Waals surface area contributed by atoms with E-state index >= 15 is 0 Å². The molecule has 2 N–H and O–H groups in total. The van der Waals surface area contributed by atoms with Crippen LogP contribution in [0.1, 0.15) is 19.8 Å². The number of nitrogens with zero attached hydrogens (tertiary/aromatic N) is 1. The van der Waals surface area contributed by atoms with Gasteiger partial charge in [-0.3, -0.25) is 5.32 Å². The first-order chi connectivity index (χ1) is 7.78. The van der Waals surface area contributed by atoms with E-state index in [-0.39, 0.29) is 0 Å². The van der Waals surface area contributed by atoms with E-state index in [4.69, 9.17) is 4.74 Å². The van der Waals surface area contributed by atoms with Crippen LogP contribution in [0.15, 0.2) is 18.3 Å². The van der Waals surface area contributed by atoms with Gasteiger partial charge in [0.25, 0.3) is 0 Å². The average molecular weight is 221 g/mol. The van der Waals surface area contributed by atoms with Gasteiger partial charge in [-0.15, -0.1) is 0 Å². The van der Waals surface area contributed by atoms with E-state index < -0.39 is 6.09 Å². The molecule has 16 heavy (non-hydrogen) atoms. The Morgan fingerprint density at radius 1 is 1.56 bits per heavy atom. The van der Waals surface area contributed by atoms with Gasteiger partial charge >= 0.3 is 6.09 Å². The van der Waals surface area contributed by atoms with Crippen LogP contribution in [-0.2, 0) is 4.74 Å². The van der Waals surface area contributed by atoms with Gasteiger partial charge in [-0.25, -0.2) is 9.78 Å². The lowest BCUT2D eigenvalue weighted by atomic mass is 10.4. The predicted octanol–water partition coefficient (Wildman–Crippen LogP) is 2.22. The predicted molar refractivity (Wildman–Crippen MR) is 61.5 cm³/mol. The number of nitrogens with one attached hydrogen (secondary N) is 2. The highest BCUT2D eigenvalue weighted by atomic mass is 16.5. The maximum Gasteiger partial charge on any atom is 0.411 e. The van der Waals surface area contributed by atoms with Gasteiger partial charge in [0.2, 0.25) is 0 Å². The highest BCUT2D eigenvalue weighted by molar-refractivity contribution is 5.84. The van der Waals surface area contributed by atoms with E-state index in [1.165, 1.54) is 12.8 Å². The number of carbonyl (C=O) groups excluding carboxylic acids is 1. The van der Waals surface area contributed by atoms with E-state index in [0.29, 0.717) is 18.3 Å². The van der Waals surface area contributed by atoms with Crippen molar-refractivity contribution >= 4 is 17.6 Å². The Hall–Kier alpha value is -1.78. The highest BCUT2D eigenvalue weighted by Crippen LogP contribution is 2.23. The van der Waals surface area contributed by atoms with E-state index in [9.17, 15) is 4.79 Å². The lowest BCUT2D eigenvalue weighted by Crippen LogP contribution is -2.13. The molecule has 5 nitrogen and oxygen atoms in total. The molecule has 0 atom stereocenters. The van der Waals surface area contributed by atoms with Gasteiger partial charge < -0.3 is 10.1 Å². The number of amides is 1. The molecule has 1 saturated carbocycles. The SMILES string of the molecule is CCOC(=O)Nc1ccc(NC2CC2)nc1. The molecule has 0 aromatic carbocycles. The Morgan fingerprint density at radius 3 is 2.94 bits per heavy atom. The fraction of sp³-hybridized carbons (Fsp3) is 0.455. The fourth-order valence-corrected chi connectivity index (χ4v) is 1.28. The van der Waals surface area contributed by atoms with Crippen LogP contribution < -0.4 is 10.6 Å². The maximum absolute atomic E-state index is 11.1. The molecule has 86 valence electrons. The summed E-state index contributed by atoms with van der Waals surface area (Å²) in [4.78, 5) is 15.3. The Balaban J connectivity index is 1.87. The van der Waals surface area contributed by atoms with E-state index in [2.05, 4.69) is 15.6 Å². The van der Waals surface area contributed by atoms with Crippen molar-refractivity contribution < 1.29 is 9.53 Å². The lowest BCUT2D eigenvalue weighted by Gasteiger charge is -2.06. The number of hydrogen-bond donors (Lipinski definition) is 2. The normalized spacial score (nSPS) is 14.3. The van der Waals surface area contributed by atoms with Crippen LogP contribution in [0, 0.1) is 0 Å². The lowest BCUT2D eigenvalue weighted by molar-refractivity contribution is 0.168. The summed E-state index contributed by atoms with van der Waals surface area (Å²) in [6, 6.07) is 4.23. The third kappa shape index (κ3) is 3.12. The van der Waals surface area contributed by atoms with Crippen LogP contribution in [0.4, 0.5) is 16.3 Å². The van der Waals surface area contributed by atoms with Gasteiger partial charge in [-0.1, -0.05) is 0 Å². The number of anilines is 2. The van der Waals surface area contributed by atoms with Crippen molar-refractivity contribution in [2.24, 2.45) is 0 Å². The summed E-state index contributed by atoms with van der Waals surface area (Å²) in [7, 11) is 0. The fourth-order valence-electron chi connectivity index (χ4n) is 1.28. The van der Waals surface area contributed by atoms with Crippen molar-refractivity contribution in [2.75, 3.05) is 17.2 Å². The molecule has 1 aromatic rings. The average Bonchev–Trinajstić information content (AvgIpc) is 3.05. The zero-order chi connectivity index (χ0) is 11.4. The summed E-state index contributed by atoms with van der Waals surface area (Å²) in [6.45, 7) is 2.13. The molecular weight excluding hydrogens is 206 g/mol. The number of ether oxygens (including phenoxy) is 1. The molecule has 0 bridgehead atoms. The molecule has 1 aliphatic rings. The van der Waals surface area contributed by atoms with Crippen molar-refractivity contribution in [2.45, 2.75) is 25.8 Å². The van der Waals surface area contributed by atoms with E-state index in [1.54, 1.807) is 19.2 Å². The summed E-state index contributed by atoms with van der Waals surface area (Å²) < 4.78 is 4.76. The van der Waals surface area contributed by atoms with Crippen LogP contribution in [-0.4, -0.2) is 23.7 Å². The first kappa shape index (κ1) is 10.7. The second kappa shape index (κ2) is 4.83. The number of rotatable bonds is 4. The third-order valence-corrected chi connectivity index (χ3v) is 2.21. The first-order valence-electron chi connectivity index (χ1n) is 5.44. The molecule has 2 rings (SSSR count). The quantitative estimate of drug-likeness (QED) is 0.818. The van der Waals surface area contributed by atoms with Crippen molar-refractivity contribution in [3.63, 3.8) is 0 Å². The van der Waals surface area contributed by atoms with E-state index in [1.807, 2.05) is 6.07 Å². The zero-order valence-electron chi connectivity index (χ0n) is 9.19. The molecule has 1 heterocycles. The molecule has 0 unspecified atom stereocenters. The van der Waals surface area contributed by atoms with Crippen LogP contribution in [0.3, 0.4) is 0 Å². The molecule has 0 aliphatic heterocycles. The Labute approximate surface area is 94.2 Å². The van der Waals surface area contributed by atoms with Crippen LogP contribution >= 0.6 is 0 Å². The van der Waals surface area contributed by atoms with Gasteiger partial charge in [-0.2, -0.15) is 0 Å².